The van der Waals surface area contributed by atoms with Gasteiger partial charge < -0.3 is 24.4 Å². The van der Waals surface area contributed by atoms with Crippen LogP contribution in [0.15, 0.2) is 60.7 Å². The SMILES string of the molecule is CC[C@H]1Oc2ccc(NC(=O)c3c(OC)cccc3OC)cc2CN([C@H]2CCCc3ccccc32)C1=O. The van der Waals surface area contributed by atoms with Gasteiger partial charge in [0.05, 0.1) is 26.8 Å². The molecule has 0 aromatic heterocycles. The van der Waals surface area contributed by atoms with E-state index in [1.165, 1.54) is 25.3 Å². The normalized spacial score (nSPS) is 18.7. The van der Waals surface area contributed by atoms with Crippen molar-refractivity contribution >= 4 is 17.5 Å². The van der Waals surface area contributed by atoms with Crippen molar-refractivity contribution in [2.24, 2.45) is 0 Å². The first kappa shape index (κ1) is 24.7. The largest absolute Gasteiger partial charge is 0.496 e. The molecule has 0 spiro atoms. The van der Waals surface area contributed by atoms with Gasteiger partial charge in [-0.25, -0.2) is 0 Å². The second-order valence-electron chi connectivity index (χ2n) is 9.40. The van der Waals surface area contributed by atoms with Crippen LogP contribution in [0.1, 0.15) is 59.3 Å². The number of hydrogen-bond donors (Lipinski definition) is 1. The van der Waals surface area contributed by atoms with Crippen molar-refractivity contribution in [3.63, 3.8) is 0 Å². The molecule has 1 aliphatic heterocycles. The smallest absolute Gasteiger partial charge is 0.264 e. The predicted octanol–water partition coefficient (Wildman–Crippen LogP) is 5.53. The molecule has 0 unspecified atom stereocenters. The molecule has 0 radical (unpaired) electrons. The number of amides is 2. The summed E-state index contributed by atoms with van der Waals surface area (Å²) in [6.07, 6.45) is 3.01. The Morgan fingerprint density at radius 3 is 2.51 bits per heavy atom. The average Bonchev–Trinajstić information content (AvgIpc) is 3.07. The van der Waals surface area contributed by atoms with E-state index in [0.717, 1.165) is 24.8 Å². The van der Waals surface area contributed by atoms with Crippen LogP contribution in [0.4, 0.5) is 5.69 Å². The number of carbonyl (C=O) groups excluding carboxylic acids is 2. The van der Waals surface area contributed by atoms with E-state index < -0.39 is 6.10 Å². The van der Waals surface area contributed by atoms with E-state index in [1.807, 2.05) is 30.0 Å². The van der Waals surface area contributed by atoms with Gasteiger partial charge >= 0.3 is 0 Å². The molecule has 0 bridgehead atoms. The molecule has 2 atom stereocenters. The number of fused-ring (bicyclic) bond motifs is 2. The van der Waals surface area contributed by atoms with Gasteiger partial charge in [-0.05, 0) is 67.1 Å². The lowest BCUT2D eigenvalue weighted by Crippen LogP contribution is -2.42. The van der Waals surface area contributed by atoms with E-state index in [-0.39, 0.29) is 17.9 Å². The third-order valence-corrected chi connectivity index (χ3v) is 7.23. The summed E-state index contributed by atoms with van der Waals surface area (Å²) in [6, 6.07) is 19.1. The molecule has 1 heterocycles. The lowest BCUT2D eigenvalue weighted by atomic mass is 9.86. The molecule has 2 aliphatic rings. The minimum absolute atomic E-state index is 0.00265. The van der Waals surface area contributed by atoms with Gasteiger partial charge in [-0.15, -0.1) is 0 Å². The van der Waals surface area contributed by atoms with Crippen LogP contribution < -0.4 is 19.5 Å². The molecule has 2 amide bonds. The maximum atomic E-state index is 13.6. The van der Waals surface area contributed by atoms with E-state index >= 15 is 0 Å². The summed E-state index contributed by atoms with van der Waals surface area (Å²) in [4.78, 5) is 28.9. The van der Waals surface area contributed by atoms with Crippen molar-refractivity contribution in [1.82, 2.24) is 4.90 Å². The summed E-state index contributed by atoms with van der Waals surface area (Å²) in [5.74, 6) is 1.18. The molecule has 5 rings (SSSR count). The molecular formula is C30H32N2O5. The highest BCUT2D eigenvalue weighted by Gasteiger charge is 2.36. The summed E-state index contributed by atoms with van der Waals surface area (Å²) in [7, 11) is 3.04. The molecule has 0 fully saturated rings. The van der Waals surface area contributed by atoms with Crippen LogP contribution in [0.25, 0.3) is 0 Å². The van der Waals surface area contributed by atoms with Gasteiger partial charge in [-0.2, -0.15) is 0 Å². The van der Waals surface area contributed by atoms with E-state index in [9.17, 15) is 9.59 Å². The topological polar surface area (TPSA) is 77.1 Å². The van der Waals surface area contributed by atoms with E-state index in [4.69, 9.17) is 14.2 Å². The number of anilines is 1. The molecule has 192 valence electrons. The van der Waals surface area contributed by atoms with Crippen molar-refractivity contribution < 1.29 is 23.8 Å². The van der Waals surface area contributed by atoms with Crippen molar-refractivity contribution in [3.05, 3.63) is 82.9 Å². The highest BCUT2D eigenvalue weighted by atomic mass is 16.5. The van der Waals surface area contributed by atoms with Crippen LogP contribution >= 0.6 is 0 Å². The summed E-state index contributed by atoms with van der Waals surface area (Å²) >= 11 is 0. The molecule has 3 aromatic rings. The fraction of sp³-hybridized carbons (Fsp3) is 0.333. The number of nitrogens with one attached hydrogen (secondary N) is 1. The lowest BCUT2D eigenvalue weighted by Gasteiger charge is -2.36. The van der Waals surface area contributed by atoms with E-state index in [1.54, 1.807) is 24.3 Å². The van der Waals surface area contributed by atoms with Crippen molar-refractivity contribution in [1.29, 1.82) is 0 Å². The average molecular weight is 501 g/mol. The van der Waals surface area contributed by atoms with Crippen molar-refractivity contribution in [2.75, 3.05) is 19.5 Å². The first-order valence-electron chi connectivity index (χ1n) is 12.7. The predicted molar refractivity (Wildman–Crippen MR) is 141 cm³/mol. The van der Waals surface area contributed by atoms with Gasteiger partial charge in [0.25, 0.3) is 11.8 Å². The Hall–Kier alpha value is -4.00. The molecule has 0 saturated heterocycles. The minimum Gasteiger partial charge on any atom is -0.496 e. The van der Waals surface area contributed by atoms with Crippen LogP contribution in [0, 0.1) is 0 Å². The van der Waals surface area contributed by atoms with E-state index in [2.05, 4.69) is 23.5 Å². The zero-order valence-corrected chi connectivity index (χ0v) is 21.5. The zero-order valence-electron chi connectivity index (χ0n) is 21.5. The lowest BCUT2D eigenvalue weighted by molar-refractivity contribution is -0.141. The third-order valence-electron chi connectivity index (χ3n) is 7.23. The summed E-state index contributed by atoms with van der Waals surface area (Å²) in [5, 5.41) is 2.97. The number of benzene rings is 3. The van der Waals surface area contributed by atoms with Crippen molar-refractivity contribution in [3.8, 4) is 17.2 Å². The molecule has 1 aliphatic carbocycles. The fourth-order valence-electron chi connectivity index (χ4n) is 5.39. The molecule has 3 aromatic carbocycles. The molecule has 7 heteroatoms. The van der Waals surface area contributed by atoms with Crippen LogP contribution in [0.2, 0.25) is 0 Å². The maximum absolute atomic E-state index is 13.6. The molecule has 37 heavy (non-hydrogen) atoms. The van der Waals surface area contributed by atoms with Gasteiger partial charge in [0, 0.05) is 11.3 Å². The van der Waals surface area contributed by atoms with Gasteiger partial charge in [-0.1, -0.05) is 37.3 Å². The number of ether oxygens (including phenoxy) is 3. The number of hydrogen-bond acceptors (Lipinski definition) is 5. The quantitative estimate of drug-likeness (QED) is 0.481. The Kier molecular flexibility index (Phi) is 7.04. The monoisotopic (exact) mass is 500 g/mol. The van der Waals surface area contributed by atoms with Gasteiger partial charge in [0.1, 0.15) is 22.8 Å². The third kappa shape index (κ3) is 4.73. The van der Waals surface area contributed by atoms with Gasteiger partial charge in [-0.3, -0.25) is 9.59 Å². The number of methoxy groups -OCH3 is 2. The van der Waals surface area contributed by atoms with E-state index in [0.29, 0.717) is 41.5 Å². The number of carbonyl (C=O) groups is 2. The number of rotatable bonds is 6. The first-order valence-corrected chi connectivity index (χ1v) is 12.7. The van der Waals surface area contributed by atoms with Crippen LogP contribution in [-0.4, -0.2) is 37.0 Å². The Balaban J connectivity index is 1.47. The Morgan fingerprint density at radius 2 is 1.78 bits per heavy atom. The summed E-state index contributed by atoms with van der Waals surface area (Å²) in [6.45, 7) is 2.38. The molecule has 1 N–H and O–H groups in total. The highest BCUT2D eigenvalue weighted by molar-refractivity contribution is 6.08. The summed E-state index contributed by atoms with van der Waals surface area (Å²) < 4.78 is 17.0. The van der Waals surface area contributed by atoms with Crippen molar-refractivity contribution in [2.45, 2.75) is 51.3 Å². The Labute approximate surface area is 217 Å². The van der Waals surface area contributed by atoms with Crippen LogP contribution in [0.3, 0.4) is 0 Å². The minimum atomic E-state index is -0.548. The fourth-order valence-corrected chi connectivity index (χ4v) is 5.39. The van der Waals surface area contributed by atoms with Crippen LogP contribution in [0.5, 0.6) is 17.2 Å². The molecular weight excluding hydrogens is 468 g/mol. The number of nitrogens with zero attached hydrogens (tertiary/aromatic N) is 1. The molecule has 0 saturated carbocycles. The van der Waals surface area contributed by atoms with Gasteiger partial charge in [0.2, 0.25) is 0 Å². The van der Waals surface area contributed by atoms with Crippen LogP contribution in [-0.2, 0) is 17.8 Å². The Bertz CT molecular complexity index is 1300. The highest BCUT2D eigenvalue weighted by Crippen LogP contribution is 2.39. The second-order valence-corrected chi connectivity index (χ2v) is 9.40. The summed E-state index contributed by atoms with van der Waals surface area (Å²) in [5.41, 5.74) is 4.30. The first-order chi connectivity index (χ1) is 18.0. The number of aryl methyl sites for hydroxylation is 1. The van der Waals surface area contributed by atoms with Gasteiger partial charge in [0.15, 0.2) is 6.10 Å². The second kappa shape index (κ2) is 10.5. The maximum Gasteiger partial charge on any atom is 0.264 e. The Morgan fingerprint density at radius 1 is 1.03 bits per heavy atom. The molecule has 7 nitrogen and oxygen atoms in total. The zero-order chi connectivity index (χ0) is 25.9. The standard InChI is InChI=1S/C30H32N2O5/c1-4-24-30(34)32(23-12-7-10-19-9-5-6-11-22(19)23)18-20-17-21(15-16-25(20)37-24)31-29(33)28-26(35-2)13-8-14-27(28)36-3/h5-6,8-9,11,13-17,23-24H,4,7,10,12,18H2,1-3H3,(H,31,33)/t23-,24+/m0/s1.